The number of rotatable bonds is 4. The van der Waals surface area contributed by atoms with Crippen LogP contribution in [0.25, 0.3) is 0 Å². The van der Waals surface area contributed by atoms with Crippen LogP contribution >= 0.6 is 0 Å². The van der Waals surface area contributed by atoms with Crippen LogP contribution in [-0.2, 0) is 6.42 Å². The summed E-state index contributed by atoms with van der Waals surface area (Å²) in [4.78, 5) is 4.35. The molecule has 3 atom stereocenters. The highest BCUT2D eigenvalue weighted by atomic mass is 14.9. The first kappa shape index (κ1) is 12.6. The summed E-state index contributed by atoms with van der Waals surface area (Å²) in [6.45, 7) is 5.83. The minimum absolute atomic E-state index is 0.727. The number of hydrogen-bond acceptors (Lipinski definition) is 2. The maximum Gasteiger partial charge on any atom is 0.0416 e. The summed E-state index contributed by atoms with van der Waals surface area (Å²) in [5, 5.41) is 3.68. The van der Waals surface area contributed by atoms with Crippen molar-refractivity contribution in [1.82, 2.24) is 10.3 Å². The van der Waals surface area contributed by atoms with E-state index in [2.05, 4.69) is 36.3 Å². The molecule has 0 aliphatic heterocycles. The van der Waals surface area contributed by atoms with Gasteiger partial charge in [-0.15, -0.1) is 0 Å². The van der Waals surface area contributed by atoms with Gasteiger partial charge in [-0.1, -0.05) is 19.9 Å². The van der Waals surface area contributed by atoms with E-state index in [1.165, 1.54) is 25.0 Å². The Bertz CT molecular complexity index is 323. The quantitative estimate of drug-likeness (QED) is 0.863. The molecule has 0 bridgehead atoms. The van der Waals surface area contributed by atoms with Crippen LogP contribution in [0, 0.1) is 11.8 Å². The standard InChI is InChI=1S/C15H24N2/c1-12-6-7-15(11-13(12)2)17-10-8-14-5-3-4-9-16-14/h3-5,9,12-13,15,17H,6-8,10-11H2,1-2H3. The van der Waals surface area contributed by atoms with Crippen LogP contribution in [0.2, 0.25) is 0 Å². The number of aromatic nitrogens is 1. The van der Waals surface area contributed by atoms with Gasteiger partial charge in [0, 0.05) is 30.9 Å². The maximum absolute atomic E-state index is 4.35. The van der Waals surface area contributed by atoms with Crippen LogP contribution < -0.4 is 5.32 Å². The van der Waals surface area contributed by atoms with Gasteiger partial charge >= 0.3 is 0 Å². The van der Waals surface area contributed by atoms with Crippen LogP contribution in [0.1, 0.15) is 38.8 Å². The van der Waals surface area contributed by atoms with Gasteiger partial charge in [-0.2, -0.15) is 0 Å². The third kappa shape index (κ3) is 3.81. The summed E-state index contributed by atoms with van der Waals surface area (Å²) in [5.41, 5.74) is 1.19. The molecule has 0 saturated heterocycles. The molecule has 0 radical (unpaired) electrons. The van der Waals surface area contributed by atoms with Crippen molar-refractivity contribution in [1.29, 1.82) is 0 Å². The fourth-order valence-corrected chi connectivity index (χ4v) is 2.68. The molecule has 1 aliphatic rings. The molecule has 0 spiro atoms. The Kier molecular flexibility index (Phi) is 4.55. The molecule has 1 fully saturated rings. The van der Waals surface area contributed by atoms with E-state index in [9.17, 15) is 0 Å². The molecule has 0 aromatic carbocycles. The van der Waals surface area contributed by atoms with Crippen LogP contribution in [0.4, 0.5) is 0 Å². The zero-order chi connectivity index (χ0) is 12.1. The Hall–Kier alpha value is -0.890. The summed E-state index contributed by atoms with van der Waals surface area (Å²) < 4.78 is 0. The van der Waals surface area contributed by atoms with Gasteiger partial charge in [0.1, 0.15) is 0 Å². The van der Waals surface area contributed by atoms with Crippen LogP contribution in [-0.4, -0.2) is 17.6 Å². The molecular weight excluding hydrogens is 208 g/mol. The van der Waals surface area contributed by atoms with Crippen molar-refractivity contribution < 1.29 is 0 Å². The van der Waals surface area contributed by atoms with E-state index in [0.717, 1.165) is 30.8 Å². The number of hydrogen-bond donors (Lipinski definition) is 1. The van der Waals surface area contributed by atoms with Crippen molar-refractivity contribution in [3.8, 4) is 0 Å². The van der Waals surface area contributed by atoms with Crippen molar-refractivity contribution >= 4 is 0 Å². The highest BCUT2D eigenvalue weighted by molar-refractivity contribution is 5.03. The lowest BCUT2D eigenvalue weighted by molar-refractivity contribution is 0.227. The molecule has 0 amide bonds. The molecule has 1 N–H and O–H groups in total. The largest absolute Gasteiger partial charge is 0.314 e. The maximum atomic E-state index is 4.35. The van der Waals surface area contributed by atoms with Crippen molar-refractivity contribution in [2.24, 2.45) is 11.8 Å². The van der Waals surface area contributed by atoms with E-state index < -0.39 is 0 Å². The first-order valence-corrected chi connectivity index (χ1v) is 6.89. The average molecular weight is 232 g/mol. The summed E-state index contributed by atoms with van der Waals surface area (Å²) in [5.74, 6) is 1.78. The normalized spacial score (nSPS) is 29.2. The summed E-state index contributed by atoms with van der Waals surface area (Å²) in [6, 6.07) is 6.87. The van der Waals surface area contributed by atoms with E-state index in [4.69, 9.17) is 0 Å². The molecule has 1 aromatic heterocycles. The van der Waals surface area contributed by atoms with E-state index >= 15 is 0 Å². The lowest BCUT2D eigenvalue weighted by Crippen LogP contribution is -2.37. The van der Waals surface area contributed by atoms with E-state index in [-0.39, 0.29) is 0 Å². The first-order valence-electron chi connectivity index (χ1n) is 6.89. The number of nitrogens with one attached hydrogen (secondary N) is 1. The molecule has 3 unspecified atom stereocenters. The predicted molar refractivity (Wildman–Crippen MR) is 71.9 cm³/mol. The Balaban J connectivity index is 1.69. The highest BCUT2D eigenvalue weighted by Crippen LogP contribution is 2.29. The smallest absolute Gasteiger partial charge is 0.0416 e. The summed E-state index contributed by atoms with van der Waals surface area (Å²) >= 11 is 0. The third-order valence-corrected chi connectivity index (χ3v) is 4.14. The van der Waals surface area contributed by atoms with E-state index in [0.29, 0.717) is 0 Å². The van der Waals surface area contributed by atoms with Crippen molar-refractivity contribution in [2.45, 2.75) is 45.6 Å². The van der Waals surface area contributed by atoms with Crippen LogP contribution in [0.5, 0.6) is 0 Å². The SMILES string of the molecule is CC1CCC(NCCc2ccccn2)CC1C. The Morgan fingerprint density at radius 2 is 2.12 bits per heavy atom. The first-order chi connectivity index (χ1) is 8.25. The Morgan fingerprint density at radius 1 is 1.24 bits per heavy atom. The summed E-state index contributed by atoms with van der Waals surface area (Å²) in [6.07, 6.45) is 6.97. The van der Waals surface area contributed by atoms with Gasteiger partial charge in [-0.05, 0) is 43.2 Å². The van der Waals surface area contributed by atoms with Crippen LogP contribution in [0.15, 0.2) is 24.4 Å². The molecular formula is C15H24N2. The molecule has 2 heteroatoms. The van der Waals surface area contributed by atoms with Gasteiger partial charge in [0.15, 0.2) is 0 Å². The molecule has 1 aliphatic carbocycles. The van der Waals surface area contributed by atoms with Crippen molar-refractivity contribution in [3.63, 3.8) is 0 Å². The van der Waals surface area contributed by atoms with E-state index in [1.54, 1.807) is 0 Å². The molecule has 17 heavy (non-hydrogen) atoms. The minimum Gasteiger partial charge on any atom is -0.314 e. The molecule has 2 rings (SSSR count). The van der Waals surface area contributed by atoms with Gasteiger partial charge in [0.05, 0.1) is 0 Å². The van der Waals surface area contributed by atoms with Gasteiger partial charge in [-0.25, -0.2) is 0 Å². The second-order valence-electron chi connectivity index (χ2n) is 5.49. The fourth-order valence-electron chi connectivity index (χ4n) is 2.68. The third-order valence-electron chi connectivity index (χ3n) is 4.14. The zero-order valence-corrected chi connectivity index (χ0v) is 11.0. The van der Waals surface area contributed by atoms with Crippen LogP contribution in [0.3, 0.4) is 0 Å². The molecule has 94 valence electrons. The highest BCUT2D eigenvalue weighted by Gasteiger charge is 2.23. The molecule has 2 nitrogen and oxygen atoms in total. The number of pyridine rings is 1. The lowest BCUT2D eigenvalue weighted by Gasteiger charge is -2.32. The van der Waals surface area contributed by atoms with Gasteiger partial charge in [0.2, 0.25) is 0 Å². The second kappa shape index (κ2) is 6.15. The van der Waals surface area contributed by atoms with Gasteiger partial charge in [-0.3, -0.25) is 4.98 Å². The topological polar surface area (TPSA) is 24.9 Å². The molecule has 1 saturated carbocycles. The van der Waals surface area contributed by atoms with Crippen molar-refractivity contribution in [3.05, 3.63) is 30.1 Å². The Morgan fingerprint density at radius 3 is 2.82 bits per heavy atom. The molecule has 1 heterocycles. The average Bonchev–Trinajstić information content (AvgIpc) is 2.35. The summed E-state index contributed by atoms with van der Waals surface area (Å²) in [7, 11) is 0. The number of nitrogens with zero attached hydrogens (tertiary/aromatic N) is 1. The van der Waals surface area contributed by atoms with Gasteiger partial charge in [0.25, 0.3) is 0 Å². The van der Waals surface area contributed by atoms with Gasteiger partial charge < -0.3 is 5.32 Å². The lowest BCUT2D eigenvalue weighted by atomic mass is 9.79. The minimum atomic E-state index is 0.727. The monoisotopic (exact) mass is 232 g/mol. The molecule has 1 aromatic rings. The Labute approximate surface area is 105 Å². The predicted octanol–water partition coefficient (Wildman–Crippen LogP) is 3.04. The second-order valence-corrected chi connectivity index (χ2v) is 5.49. The fraction of sp³-hybridized carbons (Fsp3) is 0.667. The zero-order valence-electron chi connectivity index (χ0n) is 11.0. The van der Waals surface area contributed by atoms with Crippen molar-refractivity contribution in [2.75, 3.05) is 6.54 Å². The van der Waals surface area contributed by atoms with E-state index in [1.807, 2.05) is 12.3 Å².